The zero-order chi connectivity index (χ0) is 12.7. The van der Waals surface area contributed by atoms with Crippen LogP contribution >= 0.6 is 15.9 Å². The van der Waals surface area contributed by atoms with Crippen molar-refractivity contribution in [3.05, 3.63) is 5.83 Å². The van der Waals surface area contributed by atoms with Crippen molar-refractivity contribution in [2.45, 2.75) is 0 Å². The van der Waals surface area contributed by atoms with Crippen LogP contribution in [0.25, 0.3) is 0 Å². The van der Waals surface area contributed by atoms with Gasteiger partial charge in [0.15, 0.2) is 0 Å². The van der Waals surface area contributed by atoms with E-state index in [1.165, 1.54) is 0 Å². The molecule has 0 unspecified atom stereocenters. The molecule has 0 aliphatic heterocycles. The smallest absolute Gasteiger partial charge is 0.398 e. The number of halogens is 4. The van der Waals surface area contributed by atoms with Gasteiger partial charge in [0.05, 0.1) is 0 Å². The molecule has 0 atom stereocenters. The summed E-state index contributed by atoms with van der Waals surface area (Å²) in [5, 5.41) is 41.7. The first-order valence-corrected chi connectivity index (χ1v) is 3.59. The molecule has 0 aromatic carbocycles. The zero-order valence-corrected chi connectivity index (χ0v) is 12.3. The second kappa shape index (κ2) is 29.7. The normalized spacial score (nSPS) is 5.80. The van der Waals surface area contributed by atoms with Crippen LogP contribution in [0.2, 0.25) is 0 Å². The van der Waals surface area contributed by atoms with Gasteiger partial charge in [0.1, 0.15) is 0 Å². The van der Waals surface area contributed by atoms with Crippen LogP contribution in [0.15, 0.2) is 0 Å². The monoisotopic (exact) mass is 324 g/mol. The van der Waals surface area contributed by atoms with Crippen LogP contribution in [-0.2, 0) is 0 Å². The van der Waals surface area contributed by atoms with Crippen molar-refractivity contribution in [1.29, 1.82) is 0 Å². The van der Waals surface area contributed by atoms with Gasteiger partial charge in [-0.25, -0.2) is 0 Å². The van der Waals surface area contributed by atoms with Gasteiger partial charge in [0.25, 0.3) is 0 Å². The van der Waals surface area contributed by atoms with Crippen LogP contribution in [0.5, 0.6) is 0 Å². The van der Waals surface area contributed by atoms with Gasteiger partial charge in [-0.3, -0.25) is 18.8 Å². The molecule has 0 heterocycles. The van der Waals surface area contributed by atoms with Crippen molar-refractivity contribution < 1.29 is 94.5 Å². The topological polar surface area (TPSA) is 121 Å². The van der Waals surface area contributed by atoms with Gasteiger partial charge in [-0.05, 0) is 0 Å². The Kier molecular flexibility index (Phi) is 59.7. The van der Waals surface area contributed by atoms with Crippen LogP contribution in [0.4, 0.5) is 12.9 Å². The average molecular weight is 325 g/mol. The Morgan fingerprint density at radius 1 is 0.667 bits per heavy atom. The minimum atomic E-state index is -2.67. The minimum Gasteiger partial charge on any atom is -0.398 e. The zero-order valence-electron chi connectivity index (χ0n) is 7.63. The summed E-state index contributed by atoms with van der Waals surface area (Å²) in [5.41, 5.74) is 0. The van der Waals surface area contributed by atoms with Gasteiger partial charge < -0.3 is 46.1 Å². The molecule has 0 amide bonds. The Morgan fingerprint density at radius 2 is 0.667 bits per heavy atom. The van der Waals surface area contributed by atoms with Crippen molar-refractivity contribution in [2.24, 2.45) is 0 Å². The van der Waals surface area contributed by atoms with Gasteiger partial charge >= 0.3 is 73.6 Å². The van der Waals surface area contributed by atoms with Crippen LogP contribution in [0.1, 0.15) is 0 Å². The summed E-state index contributed by atoms with van der Waals surface area (Å²) in [7, 11) is -8.00. The summed E-state index contributed by atoms with van der Waals surface area (Å²) in [6.07, 6.45) is 0. The molecule has 0 fully saturated rings. The first-order chi connectivity index (χ1) is 6.20. The maximum absolute atomic E-state index is 10.1. The average Bonchev–Trinajstić information content (AvgIpc) is 1.86. The molecule has 6 N–H and O–H groups in total. The van der Waals surface area contributed by atoms with Crippen molar-refractivity contribution >= 4 is 38.1 Å². The third-order valence-corrected chi connectivity index (χ3v) is 0. The molecular weight excluding hydrogens is 316 g/mol. The predicted molar refractivity (Wildman–Crippen MR) is 48.2 cm³/mol. The van der Waals surface area contributed by atoms with Crippen molar-refractivity contribution in [1.82, 2.24) is 0 Å². The fourth-order valence-electron chi connectivity index (χ4n) is 0. The minimum absolute atomic E-state index is 0. The van der Waals surface area contributed by atoms with E-state index in [1.54, 1.807) is 0 Å². The largest absolute Gasteiger partial charge is 1.00 e. The van der Waals surface area contributed by atoms with Gasteiger partial charge in [-0.1, -0.05) is 0 Å². The summed E-state index contributed by atoms with van der Waals surface area (Å²) in [6, 6.07) is 0. The van der Waals surface area contributed by atoms with Gasteiger partial charge in [-0.2, -0.15) is 0 Å². The van der Waals surface area contributed by atoms with E-state index < -0.39 is 22.2 Å². The Bertz CT molecular complexity index is 62.1. The molecule has 0 spiro atoms. The SMILES string of the molecule is OB(O)F.OB(O)F.OB(O)F.[CH2-]Br.[K+]. The van der Waals surface area contributed by atoms with E-state index in [1.807, 2.05) is 0 Å². The third kappa shape index (κ3) is 880. The second-order valence-electron chi connectivity index (χ2n) is 0.932. The number of hydrogen-bond donors (Lipinski definition) is 6. The Morgan fingerprint density at radius 3 is 0.667 bits per heavy atom. The summed E-state index contributed by atoms with van der Waals surface area (Å²) in [6.45, 7) is 0. The quantitative estimate of drug-likeness (QED) is 0.196. The molecule has 15 heavy (non-hydrogen) atoms. The molecule has 0 radical (unpaired) electrons. The van der Waals surface area contributed by atoms with Gasteiger partial charge in [0, 0.05) is 0 Å². The third-order valence-electron chi connectivity index (χ3n) is 0. The molecule has 0 saturated heterocycles. The molecule has 0 aromatic heterocycles. The van der Waals surface area contributed by atoms with E-state index in [-0.39, 0.29) is 51.4 Å². The molecule has 6 nitrogen and oxygen atoms in total. The van der Waals surface area contributed by atoms with E-state index in [2.05, 4.69) is 21.8 Å². The maximum atomic E-state index is 10.1. The predicted octanol–water partition coefficient (Wildman–Crippen LogP) is -5.05. The molecule has 0 aliphatic rings. The van der Waals surface area contributed by atoms with Gasteiger partial charge in [0.2, 0.25) is 0 Å². The maximum Gasteiger partial charge on any atom is 1.00 e. The molecule has 0 saturated carbocycles. The summed E-state index contributed by atoms with van der Waals surface area (Å²) in [5.74, 6) is 3.06. The van der Waals surface area contributed by atoms with Crippen LogP contribution in [0, 0.1) is 5.83 Å². The van der Waals surface area contributed by atoms with Crippen molar-refractivity contribution in [2.75, 3.05) is 0 Å². The van der Waals surface area contributed by atoms with Crippen molar-refractivity contribution in [3.8, 4) is 0 Å². The Labute approximate surface area is 137 Å². The van der Waals surface area contributed by atoms with E-state index in [4.69, 9.17) is 30.1 Å². The van der Waals surface area contributed by atoms with Crippen molar-refractivity contribution in [3.63, 3.8) is 0 Å². The van der Waals surface area contributed by atoms with E-state index in [0.29, 0.717) is 0 Å². The Hall–Kier alpha value is 1.86. The molecule has 86 valence electrons. The fraction of sp³-hybridized carbons (Fsp3) is 0. The van der Waals surface area contributed by atoms with Crippen LogP contribution in [-0.4, -0.2) is 52.3 Å². The second-order valence-corrected chi connectivity index (χ2v) is 0.932. The Balaban J connectivity index is -0.0000000298. The standard InChI is InChI=1S/CH2Br.3BFH2O2.K/c1-2;3*2-1(3)4;/h1H2;3*3-4H;/q-1;;;;+1. The molecular formula is CH8B3BrF3KO6. The summed E-state index contributed by atoms with van der Waals surface area (Å²) in [4.78, 5) is 0. The summed E-state index contributed by atoms with van der Waals surface area (Å²) < 4.78 is 30.3. The number of rotatable bonds is 0. The van der Waals surface area contributed by atoms with Crippen LogP contribution < -0.4 is 51.4 Å². The number of hydrogen-bond acceptors (Lipinski definition) is 6. The van der Waals surface area contributed by atoms with Gasteiger partial charge in [-0.15, -0.1) is 0 Å². The first-order valence-electron chi connectivity index (χ1n) is 2.47. The fourth-order valence-corrected chi connectivity index (χ4v) is 0. The van der Waals surface area contributed by atoms with E-state index in [0.717, 1.165) is 0 Å². The molecule has 0 aliphatic carbocycles. The molecule has 0 aromatic rings. The van der Waals surface area contributed by atoms with Crippen LogP contribution in [0.3, 0.4) is 0 Å². The first kappa shape index (κ1) is 30.2. The van der Waals surface area contributed by atoms with E-state index >= 15 is 0 Å². The molecule has 14 heteroatoms. The summed E-state index contributed by atoms with van der Waals surface area (Å²) >= 11 is 2.69. The molecule has 0 rings (SSSR count). The molecule has 0 bridgehead atoms. The van der Waals surface area contributed by atoms with E-state index in [9.17, 15) is 12.9 Å².